The van der Waals surface area contributed by atoms with Crippen LogP contribution in [0, 0.1) is 20.2 Å². The van der Waals surface area contributed by atoms with E-state index in [1.165, 1.54) is 12.1 Å². The molecule has 0 unspecified atom stereocenters. The van der Waals surface area contributed by atoms with Crippen molar-refractivity contribution in [3.05, 3.63) is 38.4 Å². The third-order valence-corrected chi connectivity index (χ3v) is 3.20. The molecular formula is C12H14N2O5. The summed E-state index contributed by atoms with van der Waals surface area (Å²) in [5.74, 6) is 0.113. The maximum atomic E-state index is 10.9. The van der Waals surface area contributed by atoms with E-state index in [0.29, 0.717) is 0 Å². The normalized spacial score (nSPS) is 16.0. The Kier molecular flexibility index (Phi) is 3.94. The van der Waals surface area contributed by atoms with Crippen LogP contribution in [0.2, 0.25) is 0 Å². The zero-order valence-corrected chi connectivity index (χ0v) is 10.3. The highest BCUT2D eigenvalue weighted by Crippen LogP contribution is 2.33. The molecule has 0 aromatic heterocycles. The lowest BCUT2D eigenvalue weighted by Crippen LogP contribution is -2.20. The second-order valence-corrected chi connectivity index (χ2v) is 4.54. The van der Waals surface area contributed by atoms with Crippen LogP contribution in [0.3, 0.4) is 0 Å². The number of benzene rings is 1. The fraction of sp³-hybridized carbons (Fsp3) is 0.500. The van der Waals surface area contributed by atoms with Crippen molar-refractivity contribution < 1.29 is 14.6 Å². The van der Waals surface area contributed by atoms with Gasteiger partial charge in [-0.2, -0.15) is 0 Å². The number of nitro groups is 2. The van der Waals surface area contributed by atoms with Gasteiger partial charge in [-0.05, 0) is 31.7 Å². The molecule has 1 aliphatic rings. The first kappa shape index (κ1) is 13.3. The number of non-ortho nitro benzene ring substituents is 1. The summed E-state index contributed by atoms with van der Waals surface area (Å²) in [5, 5.41) is 21.6. The molecule has 0 atom stereocenters. The molecule has 0 bridgehead atoms. The molecule has 1 fully saturated rings. The van der Waals surface area contributed by atoms with Crippen molar-refractivity contribution in [2.75, 3.05) is 0 Å². The number of hydrogen-bond donors (Lipinski definition) is 0. The molecule has 0 amide bonds. The first-order valence-corrected chi connectivity index (χ1v) is 6.17. The van der Waals surface area contributed by atoms with Gasteiger partial charge in [-0.1, -0.05) is 6.42 Å². The molecule has 1 saturated carbocycles. The Labute approximate surface area is 109 Å². The van der Waals surface area contributed by atoms with Crippen molar-refractivity contribution >= 4 is 11.4 Å². The number of hydrogen-bond acceptors (Lipinski definition) is 5. The summed E-state index contributed by atoms with van der Waals surface area (Å²) in [5.41, 5.74) is -0.650. The molecular weight excluding hydrogens is 252 g/mol. The van der Waals surface area contributed by atoms with Crippen LogP contribution in [0.15, 0.2) is 18.2 Å². The molecule has 0 spiro atoms. The van der Waals surface area contributed by atoms with Gasteiger partial charge < -0.3 is 4.74 Å². The molecule has 102 valence electrons. The van der Waals surface area contributed by atoms with Crippen molar-refractivity contribution in [2.45, 2.75) is 38.2 Å². The maximum absolute atomic E-state index is 10.9. The minimum absolute atomic E-state index is 0.0334. The average Bonchev–Trinajstić information content (AvgIpc) is 2.39. The zero-order chi connectivity index (χ0) is 13.8. The van der Waals surface area contributed by atoms with Gasteiger partial charge >= 0.3 is 5.69 Å². The summed E-state index contributed by atoms with van der Waals surface area (Å²) >= 11 is 0. The van der Waals surface area contributed by atoms with E-state index in [2.05, 4.69) is 0 Å². The fourth-order valence-corrected chi connectivity index (χ4v) is 2.22. The SMILES string of the molecule is O=[N+]([O-])c1ccc(OC2CCCCC2)c([N+](=O)[O-])c1. The Bertz CT molecular complexity index is 497. The summed E-state index contributed by atoms with van der Waals surface area (Å²) in [6, 6.07) is 3.48. The van der Waals surface area contributed by atoms with E-state index >= 15 is 0 Å². The third-order valence-electron chi connectivity index (χ3n) is 3.20. The Morgan fingerprint density at radius 2 is 1.74 bits per heavy atom. The van der Waals surface area contributed by atoms with Crippen LogP contribution in [-0.4, -0.2) is 16.0 Å². The van der Waals surface area contributed by atoms with Gasteiger partial charge in [0.25, 0.3) is 5.69 Å². The molecule has 0 radical (unpaired) electrons. The zero-order valence-electron chi connectivity index (χ0n) is 10.3. The molecule has 0 N–H and O–H groups in total. The number of ether oxygens (including phenoxy) is 1. The van der Waals surface area contributed by atoms with Gasteiger partial charge in [-0.15, -0.1) is 0 Å². The molecule has 1 aliphatic carbocycles. The number of rotatable bonds is 4. The maximum Gasteiger partial charge on any atom is 0.317 e. The minimum Gasteiger partial charge on any atom is -0.483 e. The predicted molar refractivity (Wildman–Crippen MR) is 67.3 cm³/mol. The topological polar surface area (TPSA) is 95.5 Å². The van der Waals surface area contributed by atoms with Crippen LogP contribution in [0.4, 0.5) is 11.4 Å². The van der Waals surface area contributed by atoms with E-state index in [4.69, 9.17) is 4.74 Å². The number of nitrogens with zero attached hydrogens (tertiary/aromatic N) is 2. The highest BCUT2D eigenvalue weighted by molar-refractivity contribution is 5.53. The summed E-state index contributed by atoms with van der Waals surface area (Å²) in [6.45, 7) is 0. The first-order valence-electron chi connectivity index (χ1n) is 6.17. The van der Waals surface area contributed by atoms with Crippen molar-refractivity contribution in [2.24, 2.45) is 0 Å². The minimum atomic E-state index is -0.655. The van der Waals surface area contributed by atoms with E-state index in [1.807, 2.05) is 0 Å². The third kappa shape index (κ3) is 3.18. The van der Waals surface area contributed by atoms with E-state index in [1.54, 1.807) is 0 Å². The van der Waals surface area contributed by atoms with Gasteiger partial charge in [0.05, 0.1) is 22.0 Å². The smallest absolute Gasteiger partial charge is 0.317 e. The predicted octanol–water partition coefficient (Wildman–Crippen LogP) is 3.21. The molecule has 0 saturated heterocycles. The Morgan fingerprint density at radius 3 is 2.32 bits per heavy atom. The monoisotopic (exact) mass is 266 g/mol. The van der Waals surface area contributed by atoms with E-state index < -0.39 is 9.85 Å². The standard InChI is InChI=1S/C12H14N2O5/c15-13(16)9-6-7-12(11(8-9)14(17)18)19-10-4-2-1-3-5-10/h6-8,10H,1-5H2. The molecule has 1 aromatic rings. The quantitative estimate of drug-likeness (QED) is 0.615. The number of nitro benzene ring substituents is 2. The fourth-order valence-electron chi connectivity index (χ4n) is 2.22. The second-order valence-electron chi connectivity index (χ2n) is 4.54. The summed E-state index contributed by atoms with van der Waals surface area (Å²) in [7, 11) is 0. The van der Waals surface area contributed by atoms with Crippen LogP contribution in [0.25, 0.3) is 0 Å². The summed E-state index contributed by atoms with van der Waals surface area (Å²) < 4.78 is 5.62. The average molecular weight is 266 g/mol. The van der Waals surface area contributed by atoms with Gasteiger partial charge in [0, 0.05) is 6.07 Å². The van der Waals surface area contributed by atoms with Gasteiger partial charge in [-0.25, -0.2) is 0 Å². The molecule has 2 rings (SSSR count). The molecule has 19 heavy (non-hydrogen) atoms. The van der Waals surface area contributed by atoms with Gasteiger partial charge in [-0.3, -0.25) is 20.2 Å². The molecule has 0 aliphatic heterocycles. The first-order chi connectivity index (χ1) is 9.08. The molecule has 1 aromatic carbocycles. The summed E-state index contributed by atoms with van der Waals surface area (Å²) in [6.07, 6.45) is 4.95. The lowest BCUT2D eigenvalue weighted by molar-refractivity contribution is -0.394. The van der Waals surface area contributed by atoms with Gasteiger partial charge in [0.1, 0.15) is 0 Å². The lowest BCUT2D eigenvalue weighted by Gasteiger charge is -2.22. The van der Waals surface area contributed by atoms with Crippen LogP contribution in [0.5, 0.6) is 5.75 Å². The van der Waals surface area contributed by atoms with Crippen molar-refractivity contribution in [1.82, 2.24) is 0 Å². The summed E-state index contributed by atoms with van der Waals surface area (Å²) in [4.78, 5) is 20.3. The van der Waals surface area contributed by atoms with Crippen molar-refractivity contribution in [1.29, 1.82) is 0 Å². The van der Waals surface area contributed by atoms with E-state index in [0.717, 1.165) is 38.2 Å². The second kappa shape index (κ2) is 5.64. The lowest BCUT2D eigenvalue weighted by atomic mass is 9.98. The van der Waals surface area contributed by atoms with E-state index in [-0.39, 0.29) is 23.2 Å². The Hall–Kier alpha value is -2.18. The van der Waals surface area contributed by atoms with Gasteiger partial charge in [0.2, 0.25) is 0 Å². The Morgan fingerprint density at radius 1 is 1.05 bits per heavy atom. The van der Waals surface area contributed by atoms with Crippen molar-refractivity contribution in [3.8, 4) is 5.75 Å². The highest BCUT2D eigenvalue weighted by atomic mass is 16.6. The molecule has 7 heteroatoms. The van der Waals surface area contributed by atoms with Crippen LogP contribution < -0.4 is 4.74 Å². The van der Waals surface area contributed by atoms with E-state index in [9.17, 15) is 20.2 Å². The highest BCUT2D eigenvalue weighted by Gasteiger charge is 2.24. The van der Waals surface area contributed by atoms with Crippen LogP contribution in [0.1, 0.15) is 32.1 Å². The molecule has 7 nitrogen and oxygen atoms in total. The van der Waals surface area contributed by atoms with Crippen LogP contribution >= 0.6 is 0 Å². The Balaban J connectivity index is 2.23. The largest absolute Gasteiger partial charge is 0.483 e. The van der Waals surface area contributed by atoms with Gasteiger partial charge in [0.15, 0.2) is 5.75 Å². The molecule has 0 heterocycles. The van der Waals surface area contributed by atoms with Crippen LogP contribution in [-0.2, 0) is 0 Å². The van der Waals surface area contributed by atoms with Crippen molar-refractivity contribution in [3.63, 3.8) is 0 Å².